The van der Waals surface area contributed by atoms with E-state index in [2.05, 4.69) is 10.3 Å². The van der Waals surface area contributed by atoms with Gasteiger partial charge < -0.3 is 15.8 Å². The zero-order valence-electron chi connectivity index (χ0n) is 9.19. The van der Waals surface area contributed by atoms with Gasteiger partial charge in [-0.25, -0.2) is 4.98 Å². The quantitative estimate of drug-likeness (QED) is 0.769. The summed E-state index contributed by atoms with van der Waals surface area (Å²) < 4.78 is 5.07. The normalized spacial score (nSPS) is 20.3. The first kappa shape index (κ1) is 10.7. The molecular weight excluding hydrogens is 206 g/mol. The third-order valence-electron chi connectivity index (χ3n) is 2.77. The van der Waals surface area contributed by atoms with Gasteiger partial charge in [-0.2, -0.15) is 0 Å². The van der Waals surface area contributed by atoms with E-state index >= 15 is 0 Å². The summed E-state index contributed by atoms with van der Waals surface area (Å²) in [5.74, 6) is 0.681. The summed E-state index contributed by atoms with van der Waals surface area (Å²) in [7, 11) is 1.54. The predicted octanol–water partition coefficient (Wildman–Crippen LogP) is 0.666. The van der Waals surface area contributed by atoms with Crippen LogP contribution >= 0.6 is 0 Å². The van der Waals surface area contributed by atoms with Crippen molar-refractivity contribution in [2.24, 2.45) is 0 Å². The van der Waals surface area contributed by atoms with E-state index in [-0.39, 0.29) is 11.8 Å². The van der Waals surface area contributed by atoms with Gasteiger partial charge >= 0.3 is 0 Å². The van der Waals surface area contributed by atoms with E-state index in [1.54, 1.807) is 6.07 Å². The predicted molar refractivity (Wildman–Crippen MR) is 60.2 cm³/mol. The number of piperidine rings is 1. The summed E-state index contributed by atoms with van der Waals surface area (Å²) in [5.41, 5.74) is 7.09. The van der Waals surface area contributed by atoms with Crippen molar-refractivity contribution in [3.63, 3.8) is 0 Å². The molecule has 1 aliphatic rings. The maximum atomic E-state index is 11.3. The maximum Gasteiger partial charge on any atom is 0.237 e. The van der Waals surface area contributed by atoms with Crippen molar-refractivity contribution < 1.29 is 9.53 Å². The molecule has 0 radical (unpaired) electrons. The van der Waals surface area contributed by atoms with Crippen LogP contribution in [0.4, 0.5) is 5.69 Å². The zero-order chi connectivity index (χ0) is 11.5. The number of pyridine rings is 1. The molecule has 5 nitrogen and oxygen atoms in total. The number of methoxy groups -OCH3 is 1. The number of nitrogens with one attached hydrogen (secondary N) is 1. The first-order chi connectivity index (χ1) is 7.70. The van der Waals surface area contributed by atoms with Crippen molar-refractivity contribution >= 4 is 11.6 Å². The molecular formula is C11H15N3O2. The number of nitrogens with two attached hydrogens (primary N) is 1. The molecule has 0 aliphatic carbocycles. The molecule has 16 heavy (non-hydrogen) atoms. The lowest BCUT2D eigenvalue weighted by Gasteiger charge is -2.21. The molecule has 1 aliphatic heterocycles. The van der Waals surface area contributed by atoms with Gasteiger partial charge in [-0.15, -0.1) is 0 Å². The maximum absolute atomic E-state index is 11.3. The van der Waals surface area contributed by atoms with Gasteiger partial charge in [0.25, 0.3) is 0 Å². The number of ether oxygens (including phenoxy) is 1. The van der Waals surface area contributed by atoms with Gasteiger partial charge in [0.1, 0.15) is 0 Å². The second kappa shape index (κ2) is 4.38. The van der Waals surface area contributed by atoms with Crippen LogP contribution in [0.2, 0.25) is 0 Å². The molecule has 0 bridgehead atoms. The number of carbonyl (C=O) groups is 1. The molecule has 0 aromatic carbocycles. The van der Waals surface area contributed by atoms with Crippen LogP contribution < -0.4 is 15.8 Å². The Morgan fingerprint density at radius 2 is 2.38 bits per heavy atom. The number of amides is 1. The Balaban J connectivity index is 2.22. The second-order valence-electron chi connectivity index (χ2n) is 3.87. The fourth-order valence-corrected chi connectivity index (χ4v) is 1.89. The Labute approximate surface area is 94.0 Å². The SMILES string of the molecule is COc1nc([C@@H]2CCNC(=O)C2)ccc1N. The van der Waals surface area contributed by atoms with Crippen LogP contribution in [-0.2, 0) is 4.79 Å². The first-order valence-corrected chi connectivity index (χ1v) is 5.28. The lowest BCUT2D eigenvalue weighted by Crippen LogP contribution is -2.32. The van der Waals surface area contributed by atoms with E-state index in [9.17, 15) is 4.79 Å². The molecule has 1 aromatic heterocycles. The van der Waals surface area contributed by atoms with E-state index < -0.39 is 0 Å². The molecule has 1 saturated heterocycles. The largest absolute Gasteiger partial charge is 0.480 e. The number of hydrogen-bond donors (Lipinski definition) is 2. The number of anilines is 1. The fraction of sp³-hybridized carbons (Fsp3) is 0.455. The topological polar surface area (TPSA) is 77.2 Å². The average Bonchev–Trinajstić information content (AvgIpc) is 2.29. The highest BCUT2D eigenvalue weighted by atomic mass is 16.5. The molecule has 1 atom stereocenters. The minimum absolute atomic E-state index is 0.0776. The Morgan fingerprint density at radius 1 is 1.56 bits per heavy atom. The van der Waals surface area contributed by atoms with Crippen LogP contribution in [0.5, 0.6) is 5.88 Å². The summed E-state index contributed by atoms with van der Waals surface area (Å²) in [6.07, 6.45) is 1.39. The first-order valence-electron chi connectivity index (χ1n) is 5.28. The van der Waals surface area contributed by atoms with Crippen LogP contribution in [0.1, 0.15) is 24.5 Å². The van der Waals surface area contributed by atoms with Gasteiger partial charge in [0, 0.05) is 24.6 Å². The van der Waals surface area contributed by atoms with Gasteiger partial charge in [-0.3, -0.25) is 4.79 Å². The Morgan fingerprint density at radius 3 is 3.06 bits per heavy atom. The summed E-state index contributed by atoms with van der Waals surface area (Å²) in [4.78, 5) is 15.6. The molecule has 2 rings (SSSR count). The molecule has 0 unspecified atom stereocenters. The summed E-state index contributed by atoms with van der Waals surface area (Å²) in [6.45, 7) is 0.706. The van der Waals surface area contributed by atoms with Gasteiger partial charge in [0.05, 0.1) is 12.8 Å². The smallest absolute Gasteiger partial charge is 0.237 e. The monoisotopic (exact) mass is 221 g/mol. The number of rotatable bonds is 2. The molecule has 1 fully saturated rings. The Hall–Kier alpha value is -1.78. The lowest BCUT2D eigenvalue weighted by atomic mass is 9.93. The summed E-state index contributed by atoms with van der Waals surface area (Å²) in [6, 6.07) is 3.63. The summed E-state index contributed by atoms with van der Waals surface area (Å²) in [5, 5.41) is 2.80. The van der Waals surface area contributed by atoms with Gasteiger partial charge in [0.15, 0.2) is 0 Å². The Bertz CT molecular complexity index is 406. The molecule has 0 spiro atoms. The third kappa shape index (κ3) is 2.08. The molecule has 5 heteroatoms. The highest BCUT2D eigenvalue weighted by Crippen LogP contribution is 2.27. The van der Waals surface area contributed by atoms with Crippen LogP contribution in [0.25, 0.3) is 0 Å². The van der Waals surface area contributed by atoms with E-state index in [0.717, 1.165) is 12.1 Å². The van der Waals surface area contributed by atoms with Crippen LogP contribution in [0.15, 0.2) is 12.1 Å². The van der Waals surface area contributed by atoms with E-state index in [1.165, 1.54) is 7.11 Å². The molecule has 1 amide bonds. The molecule has 1 aromatic rings. The van der Waals surface area contributed by atoms with Gasteiger partial charge in [-0.05, 0) is 18.6 Å². The van der Waals surface area contributed by atoms with Crippen molar-refractivity contribution in [2.75, 3.05) is 19.4 Å². The van der Waals surface area contributed by atoms with Crippen molar-refractivity contribution in [3.8, 4) is 5.88 Å². The fourth-order valence-electron chi connectivity index (χ4n) is 1.89. The van der Waals surface area contributed by atoms with Crippen molar-refractivity contribution in [1.82, 2.24) is 10.3 Å². The average molecular weight is 221 g/mol. The van der Waals surface area contributed by atoms with Crippen molar-refractivity contribution in [3.05, 3.63) is 17.8 Å². The van der Waals surface area contributed by atoms with Crippen LogP contribution in [0.3, 0.4) is 0 Å². The van der Waals surface area contributed by atoms with Crippen molar-refractivity contribution in [1.29, 1.82) is 0 Å². The minimum atomic E-state index is 0.0776. The number of carbonyl (C=O) groups excluding carboxylic acids is 1. The highest BCUT2D eigenvalue weighted by Gasteiger charge is 2.22. The van der Waals surface area contributed by atoms with Crippen molar-refractivity contribution in [2.45, 2.75) is 18.8 Å². The second-order valence-corrected chi connectivity index (χ2v) is 3.87. The zero-order valence-corrected chi connectivity index (χ0v) is 9.19. The Kier molecular flexibility index (Phi) is 2.94. The van der Waals surface area contributed by atoms with Crippen LogP contribution in [0, 0.1) is 0 Å². The van der Waals surface area contributed by atoms with Gasteiger partial charge in [0.2, 0.25) is 11.8 Å². The van der Waals surface area contributed by atoms with E-state index in [1.807, 2.05) is 6.07 Å². The van der Waals surface area contributed by atoms with E-state index in [0.29, 0.717) is 24.5 Å². The summed E-state index contributed by atoms with van der Waals surface area (Å²) >= 11 is 0. The number of nitrogen functional groups attached to an aromatic ring is 1. The lowest BCUT2D eigenvalue weighted by molar-refractivity contribution is -0.122. The standard InChI is InChI=1S/C11H15N3O2/c1-16-11-8(12)2-3-9(14-11)7-4-5-13-10(15)6-7/h2-3,7H,4-6,12H2,1H3,(H,13,15)/t7-/m1/s1. The highest BCUT2D eigenvalue weighted by molar-refractivity contribution is 5.77. The molecule has 0 saturated carbocycles. The molecule has 86 valence electrons. The van der Waals surface area contributed by atoms with Crippen LogP contribution in [-0.4, -0.2) is 24.5 Å². The minimum Gasteiger partial charge on any atom is -0.480 e. The van der Waals surface area contributed by atoms with E-state index in [4.69, 9.17) is 10.5 Å². The third-order valence-corrected chi connectivity index (χ3v) is 2.77. The number of nitrogens with zero attached hydrogens (tertiary/aromatic N) is 1. The molecule has 2 heterocycles. The number of hydrogen-bond acceptors (Lipinski definition) is 4. The molecule has 3 N–H and O–H groups in total. The number of aromatic nitrogens is 1. The van der Waals surface area contributed by atoms with Gasteiger partial charge in [-0.1, -0.05) is 0 Å².